The fraction of sp³-hybridized carbons (Fsp3) is 0.500. The summed E-state index contributed by atoms with van der Waals surface area (Å²) in [6.07, 6.45) is 0.918. The van der Waals surface area contributed by atoms with Gasteiger partial charge in [0.2, 0.25) is 0 Å². The minimum Gasteiger partial charge on any atom is -0.497 e. The summed E-state index contributed by atoms with van der Waals surface area (Å²) in [5.74, 6) is 1.29. The monoisotopic (exact) mass is 251 g/mol. The standard InChI is InChI=1S/C14H21NO3/c1-11(16)13-7-6-12(17-4)10-14(13)18-9-5-8-15(2)3/h6-7,10H,5,8-9H2,1-4H3. The summed E-state index contributed by atoms with van der Waals surface area (Å²) >= 11 is 0. The van der Waals surface area contributed by atoms with Crippen LogP contribution in [-0.2, 0) is 0 Å². The third-order valence-corrected chi connectivity index (χ3v) is 2.58. The summed E-state index contributed by atoms with van der Waals surface area (Å²) in [4.78, 5) is 13.6. The largest absolute Gasteiger partial charge is 0.497 e. The van der Waals surface area contributed by atoms with Crippen molar-refractivity contribution in [2.45, 2.75) is 13.3 Å². The highest BCUT2D eigenvalue weighted by Crippen LogP contribution is 2.25. The first-order chi connectivity index (χ1) is 8.54. The normalized spacial score (nSPS) is 10.5. The molecule has 1 rings (SSSR count). The molecule has 0 saturated carbocycles. The van der Waals surface area contributed by atoms with Crippen molar-refractivity contribution in [1.82, 2.24) is 4.90 Å². The molecule has 0 N–H and O–H groups in total. The van der Waals surface area contributed by atoms with E-state index in [0.29, 0.717) is 23.7 Å². The number of ketones is 1. The molecule has 0 unspecified atom stereocenters. The van der Waals surface area contributed by atoms with Crippen LogP contribution in [0.4, 0.5) is 0 Å². The fourth-order valence-corrected chi connectivity index (χ4v) is 1.60. The first kappa shape index (κ1) is 14.5. The van der Waals surface area contributed by atoms with Crippen LogP contribution < -0.4 is 9.47 Å². The molecule has 0 fully saturated rings. The molecule has 1 aromatic rings. The van der Waals surface area contributed by atoms with Gasteiger partial charge in [-0.1, -0.05) is 0 Å². The number of hydrogen-bond acceptors (Lipinski definition) is 4. The Labute approximate surface area is 108 Å². The lowest BCUT2D eigenvalue weighted by atomic mass is 10.1. The van der Waals surface area contributed by atoms with Gasteiger partial charge in [0.15, 0.2) is 5.78 Å². The number of nitrogens with zero attached hydrogens (tertiary/aromatic N) is 1. The van der Waals surface area contributed by atoms with Gasteiger partial charge in [0, 0.05) is 12.6 Å². The lowest BCUT2D eigenvalue weighted by Gasteiger charge is -2.13. The summed E-state index contributed by atoms with van der Waals surface area (Å²) in [5, 5.41) is 0. The summed E-state index contributed by atoms with van der Waals surface area (Å²) < 4.78 is 10.8. The lowest BCUT2D eigenvalue weighted by Crippen LogP contribution is -2.16. The highest BCUT2D eigenvalue weighted by Gasteiger charge is 2.09. The number of methoxy groups -OCH3 is 1. The van der Waals surface area contributed by atoms with Crippen molar-refractivity contribution in [3.05, 3.63) is 23.8 Å². The molecular formula is C14H21NO3. The van der Waals surface area contributed by atoms with Crippen LogP contribution in [0.3, 0.4) is 0 Å². The van der Waals surface area contributed by atoms with Gasteiger partial charge in [-0.25, -0.2) is 0 Å². The number of ether oxygens (including phenoxy) is 2. The van der Waals surface area contributed by atoms with E-state index < -0.39 is 0 Å². The summed E-state index contributed by atoms with van der Waals surface area (Å²) in [7, 11) is 5.64. The summed E-state index contributed by atoms with van der Waals surface area (Å²) in [6, 6.07) is 5.26. The molecule has 100 valence electrons. The predicted molar refractivity (Wildman–Crippen MR) is 71.7 cm³/mol. The first-order valence-corrected chi connectivity index (χ1v) is 6.01. The Kier molecular flexibility index (Phi) is 5.65. The van der Waals surface area contributed by atoms with Crippen LogP contribution in [-0.4, -0.2) is 45.0 Å². The topological polar surface area (TPSA) is 38.8 Å². The van der Waals surface area contributed by atoms with Crippen molar-refractivity contribution in [3.63, 3.8) is 0 Å². The zero-order valence-corrected chi connectivity index (χ0v) is 11.5. The molecule has 0 bridgehead atoms. The number of Topliss-reactive ketones (excluding diaryl/α,β-unsaturated/α-hetero) is 1. The quantitative estimate of drug-likeness (QED) is 0.550. The van der Waals surface area contributed by atoms with E-state index in [2.05, 4.69) is 4.90 Å². The van der Waals surface area contributed by atoms with Crippen LogP contribution in [0.1, 0.15) is 23.7 Å². The van der Waals surface area contributed by atoms with Crippen molar-refractivity contribution in [2.24, 2.45) is 0 Å². The van der Waals surface area contributed by atoms with Crippen molar-refractivity contribution < 1.29 is 14.3 Å². The number of rotatable bonds is 7. The molecule has 0 heterocycles. The van der Waals surface area contributed by atoms with Gasteiger partial charge < -0.3 is 14.4 Å². The Bertz CT molecular complexity index is 402. The molecule has 0 radical (unpaired) electrons. The molecule has 18 heavy (non-hydrogen) atoms. The van der Waals surface area contributed by atoms with E-state index in [1.54, 1.807) is 25.3 Å². The third-order valence-electron chi connectivity index (χ3n) is 2.58. The van der Waals surface area contributed by atoms with Crippen LogP contribution in [0.25, 0.3) is 0 Å². The highest BCUT2D eigenvalue weighted by atomic mass is 16.5. The van der Waals surface area contributed by atoms with E-state index in [0.717, 1.165) is 13.0 Å². The molecule has 0 aliphatic rings. The molecule has 4 nitrogen and oxygen atoms in total. The maximum absolute atomic E-state index is 11.5. The van der Waals surface area contributed by atoms with Crippen LogP contribution in [0.5, 0.6) is 11.5 Å². The third kappa shape index (κ3) is 4.37. The van der Waals surface area contributed by atoms with E-state index in [4.69, 9.17) is 9.47 Å². The predicted octanol–water partition coefficient (Wildman–Crippen LogP) is 2.23. The van der Waals surface area contributed by atoms with E-state index in [1.807, 2.05) is 14.1 Å². The molecule has 0 saturated heterocycles. The van der Waals surface area contributed by atoms with Gasteiger partial charge in [-0.05, 0) is 39.6 Å². The Morgan fingerprint density at radius 1 is 1.33 bits per heavy atom. The molecule has 0 aliphatic heterocycles. The van der Waals surface area contributed by atoms with Gasteiger partial charge in [0.25, 0.3) is 0 Å². The van der Waals surface area contributed by atoms with E-state index in [9.17, 15) is 4.79 Å². The second-order valence-corrected chi connectivity index (χ2v) is 4.42. The Morgan fingerprint density at radius 2 is 2.06 bits per heavy atom. The van der Waals surface area contributed by atoms with Crippen molar-refractivity contribution in [1.29, 1.82) is 0 Å². The van der Waals surface area contributed by atoms with E-state index >= 15 is 0 Å². The van der Waals surface area contributed by atoms with Crippen LogP contribution in [0.2, 0.25) is 0 Å². The maximum atomic E-state index is 11.5. The van der Waals surface area contributed by atoms with Gasteiger partial charge in [-0.3, -0.25) is 4.79 Å². The van der Waals surface area contributed by atoms with Gasteiger partial charge >= 0.3 is 0 Å². The maximum Gasteiger partial charge on any atom is 0.163 e. The minimum absolute atomic E-state index is 0.000243. The van der Waals surface area contributed by atoms with Gasteiger partial charge in [0.1, 0.15) is 11.5 Å². The number of carbonyl (C=O) groups is 1. The second kappa shape index (κ2) is 7.01. The molecule has 0 spiro atoms. The lowest BCUT2D eigenvalue weighted by molar-refractivity contribution is 0.101. The van der Waals surface area contributed by atoms with Crippen molar-refractivity contribution in [2.75, 3.05) is 34.4 Å². The smallest absolute Gasteiger partial charge is 0.163 e. The summed E-state index contributed by atoms with van der Waals surface area (Å²) in [5.41, 5.74) is 0.598. The van der Waals surface area contributed by atoms with Crippen LogP contribution in [0.15, 0.2) is 18.2 Å². The van der Waals surface area contributed by atoms with E-state index in [-0.39, 0.29) is 5.78 Å². The Morgan fingerprint density at radius 3 is 2.61 bits per heavy atom. The van der Waals surface area contributed by atoms with Crippen LogP contribution in [0, 0.1) is 0 Å². The molecule has 0 aromatic heterocycles. The summed E-state index contributed by atoms with van der Waals surface area (Å²) in [6.45, 7) is 3.08. The number of hydrogen-bond donors (Lipinski definition) is 0. The average Bonchev–Trinajstić information content (AvgIpc) is 2.33. The average molecular weight is 251 g/mol. The van der Waals surface area contributed by atoms with Gasteiger partial charge in [-0.2, -0.15) is 0 Å². The molecule has 4 heteroatoms. The minimum atomic E-state index is 0.000243. The van der Waals surface area contributed by atoms with Crippen molar-refractivity contribution in [3.8, 4) is 11.5 Å². The molecule has 1 aromatic carbocycles. The number of carbonyl (C=O) groups excluding carboxylic acids is 1. The van der Waals surface area contributed by atoms with Gasteiger partial charge in [-0.15, -0.1) is 0 Å². The van der Waals surface area contributed by atoms with Gasteiger partial charge in [0.05, 0.1) is 19.3 Å². The Hall–Kier alpha value is -1.55. The highest BCUT2D eigenvalue weighted by molar-refractivity contribution is 5.97. The zero-order chi connectivity index (χ0) is 13.5. The second-order valence-electron chi connectivity index (χ2n) is 4.42. The fourth-order valence-electron chi connectivity index (χ4n) is 1.60. The van der Waals surface area contributed by atoms with E-state index in [1.165, 1.54) is 6.92 Å². The number of benzene rings is 1. The van der Waals surface area contributed by atoms with Crippen molar-refractivity contribution >= 4 is 5.78 Å². The van der Waals surface area contributed by atoms with Crippen LogP contribution >= 0.6 is 0 Å². The molecule has 0 atom stereocenters. The SMILES string of the molecule is COc1ccc(C(C)=O)c(OCCCN(C)C)c1. The Balaban J connectivity index is 2.69. The first-order valence-electron chi connectivity index (χ1n) is 6.01. The zero-order valence-electron chi connectivity index (χ0n) is 11.5. The molecule has 0 amide bonds. The molecular weight excluding hydrogens is 230 g/mol. The molecule has 0 aliphatic carbocycles.